The number of aliphatic imine (C=N–C) groups is 1. The molecule has 2 aromatic rings. The van der Waals surface area contributed by atoms with Gasteiger partial charge in [0.25, 0.3) is 17.5 Å². The lowest BCUT2D eigenvalue weighted by Crippen LogP contribution is -2.44. The Morgan fingerprint density at radius 2 is 1.68 bits per heavy atom. The maximum atomic E-state index is 12.7. The normalized spacial score (nSPS) is 19.9. The lowest BCUT2D eigenvalue weighted by atomic mass is 9.99. The largest absolute Gasteiger partial charge is 0.392 e. The van der Waals surface area contributed by atoms with E-state index in [9.17, 15) is 34.7 Å². The van der Waals surface area contributed by atoms with Crippen LogP contribution < -0.4 is 0 Å². The minimum atomic E-state index is -0.610. The monoisotopic (exact) mass is 564 g/mol. The number of benzene rings is 2. The van der Waals surface area contributed by atoms with Gasteiger partial charge in [-0.05, 0) is 92.8 Å². The molecule has 2 saturated heterocycles. The Morgan fingerprint density at radius 1 is 1.02 bits per heavy atom. The van der Waals surface area contributed by atoms with Gasteiger partial charge >= 0.3 is 0 Å². The molecule has 2 fully saturated rings. The van der Waals surface area contributed by atoms with Crippen molar-refractivity contribution < 1.29 is 29.5 Å². The van der Waals surface area contributed by atoms with Crippen molar-refractivity contribution in [3.8, 4) is 0 Å². The number of nitro groups is 1. The number of hydrogen-bond acceptors (Lipinski definition) is 8. The van der Waals surface area contributed by atoms with Crippen molar-refractivity contribution in [2.75, 3.05) is 13.1 Å². The number of carbonyl (C=O) groups is 3. The maximum Gasteiger partial charge on any atom is 0.282 e. The molecule has 11 nitrogen and oxygen atoms in total. The van der Waals surface area contributed by atoms with Crippen LogP contribution in [0.4, 0.5) is 11.4 Å². The Bertz CT molecular complexity index is 1370. The topological polar surface area (TPSA) is 154 Å². The highest BCUT2D eigenvalue weighted by Gasteiger charge is 2.32. The van der Waals surface area contributed by atoms with Crippen molar-refractivity contribution >= 4 is 35.7 Å². The molecule has 2 aromatic carbocycles. The predicted molar refractivity (Wildman–Crippen MR) is 152 cm³/mol. The number of likely N-dealkylation sites (tertiary alicyclic amines) is 1. The summed E-state index contributed by atoms with van der Waals surface area (Å²) < 4.78 is 0. The molecule has 2 atom stereocenters. The number of nitrogens with zero attached hydrogens (tertiary/aromatic N) is 4. The van der Waals surface area contributed by atoms with Crippen molar-refractivity contribution in [2.24, 2.45) is 4.99 Å². The molecule has 3 heterocycles. The van der Waals surface area contributed by atoms with Crippen LogP contribution in [0.15, 0.2) is 29.3 Å². The molecule has 218 valence electrons. The van der Waals surface area contributed by atoms with Crippen LogP contribution in [-0.4, -0.2) is 74.4 Å². The van der Waals surface area contributed by atoms with E-state index >= 15 is 0 Å². The second-order valence-electron chi connectivity index (χ2n) is 10.7. The van der Waals surface area contributed by atoms with E-state index in [4.69, 9.17) is 0 Å². The highest BCUT2D eigenvalue weighted by Crippen LogP contribution is 2.31. The van der Waals surface area contributed by atoms with Gasteiger partial charge in [0, 0.05) is 25.4 Å². The van der Waals surface area contributed by atoms with Gasteiger partial charge in [-0.1, -0.05) is 0 Å². The van der Waals surface area contributed by atoms with Crippen LogP contribution in [0.25, 0.3) is 0 Å². The predicted octanol–water partition coefficient (Wildman–Crippen LogP) is 3.79. The van der Waals surface area contributed by atoms with Crippen molar-refractivity contribution in [2.45, 2.75) is 77.7 Å². The van der Waals surface area contributed by atoms with Crippen molar-refractivity contribution in [1.82, 2.24) is 9.80 Å². The van der Waals surface area contributed by atoms with E-state index in [1.165, 1.54) is 17.0 Å². The molecule has 0 spiro atoms. The number of hydrogen-bond donors (Lipinski definition) is 2. The Balaban J connectivity index is 0.000000191. The molecule has 5 rings (SSSR count). The Morgan fingerprint density at radius 3 is 2.37 bits per heavy atom. The first-order chi connectivity index (χ1) is 19.7. The van der Waals surface area contributed by atoms with Gasteiger partial charge in [0.2, 0.25) is 0 Å². The zero-order valence-electron chi connectivity index (χ0n) is 23.4. The van der Waals surface area contributed by atoms with E-state index in [-0.39, 0.29) is 36.4 Å². The van der Waals surface area contributed by atoms with E-state index in [2.05, 4.69) is 4.99 Å². The zero-order valence-corrected chi connectivity index (χ0v) is 23.4. The molecule has 0 saturated carbocycles. The van der Waals surface area contributed by atoms with Gasteiger partial charge < -0.3 is 24.8 Å². The number of nitro benzene ring substituents is 1. The molecule has 0 aliphatic carbocycles. The first-order valence-corrected chi connectivity index (χ1v) is 13.9. The quantitative estimate of drug-likeness (QED) is 0.318. The lowest BCUT2D eigenvalue weighted by molar-refractivity contribution is -0.385. The molecule has 0 radical (unpaired) electrons. The third kappa shape index (κ3) is 6.36. The molecule has 0 unspecified atom stereocenters. The van der Waals surface area contributed by atoms with E-state index in [0.717, 1.165) is 55.5 Å². The summed E-state index contributed by atoms with van der Waals surface area (Å²) >= 11 is 0. The summed E-state index contributed by atoms with van der Waals surface area (Å²) in [5.74, 6) is -0.481. The fourth-order valence-corrected chi connectivity index (χ4v) is 5.61. The summed E-state index contributed by atoms with van der Waals surface area (Å²) in [6, 6.07) is 5.92. The Kier molecular flexibility index (Phi) is 9.61. The maximum absolute atomic E-state index is 12.7. The summed E-state index contributed by atoms with van der Waals surface area (Å²) in [4.78, 5) is 54.8. The first kappa shape index (κ1) is 30.0. The van der Waals surface area contributed by atoms with Gasteiger partial charge in [0.1, 0.15) is 11.8 Å². The van der Waals surface area contributed by atoms with Gasteiger partial charge in [0.05, 0.1) is 41.5 Å². The molecule has 0 bridgehead atoms. The van der Waals surface area contributed by atoms with Crippen LogP contribution in [-0.2, 0) is 18.0 Å². The molecule has 11 heteroatoms. The third-order valence-electron chi connectivity index (χ3n) is 8.07. The summed E-state index contributed by atoms with van der Waals surface area (Å²) in [6.45, 7) is 4.44. The summed E-state index contributed by atoms with van der Waals surface area (Å²) in [7, 11) is 0. The molecule has 0 aromatic heterocycles. The van der Waals surface area contributed by atoms with Gasteiger partial charge in [-0.2, -0.15) is 0 Å². The van der Waals surface area contributed by atoms with E-state index in [1.54, 1.807) is 13.0 Å². The minimum absolute atomic E-state index is 0.0421. The first-order valence-electron chi connectivity index (χ1n) is 13.9. The van der Waals surface area contributed by atoms with E-state index in [0.29, 0.717) is 35.9 Å². The van der Waals surface area contributed by atoms with Crippen LogP contribution >= 0.6 is 0 Å². The summed E-state index contributed by atoms with van der Waals surface area (Å²) in [5, 5.41) is 29.9. The number of aryl methyl sites for hydroxylation is 2. The van der Waals surface area contributed by atoms with Crippen LogP contribution in [0.3, 0.4) is 0 Å². The highest BCUT2D eigenvalue weighted by atomic mass is 16.6. The zero-order chi connectivity index (χ0) is 29.7. The fourth-order valence-electron chi connectivity index (χ4n) is 5.61. The smallest absolute Gasteiger partial charge is 0.282 e. The number of fused-ring (bicyclic) bond motifs is 2. The SMILES string of the molecule is Cc1cc([N+](=O)[O-])c(C(=O)N2CCCC[C@H]2C=O)cc1CO.Cc1cc2c(cc1CO)C(=O)N1CCCC[C@H]1C=N2. The minimum Gasteiger partial charge on any atom is -0.392 e. The average molecular weight is 565 g/mol. The Labute approximate surface area is 238 Å². The fraction of sp³-hybridized carbons (Fsp3) is 0.467. The molecular formula is C30H36N4O7. The standard InChI is InChI=1S/C15H18N2O5.C15H18N2O2/c1-10-6-14(17(21)22)13(7-11(10)8-18)15(20)16-5-3-2-4-12(16)9-19;1-10-6-14-13(7-11(10)9-18)15(19)17-5-3-2-4-12(17)8-16-14/h6-7,9,12,18H,2-5,8H2,1H3;6-8,12,18H,2-5,9H2,1H3/t2*12-/m00/s1. The van der Waals surface area contributed by atoms with Gasteiger partial charge in [-0.25, -0.2) is 0 Å². The number of amides is 2. The molecule has 3 aliphatic heterocycles. The average Bonchev–Trinajstić information content (AvgIpc) is 3.12. The number of carbonyl (C=O) groups excluding carboxylic acids is 3. The number of aldehydes is 1. The summed E-state index contributed by atoms with van der Waals surface area (Å²) in [6.07, 6.45) is 8.01. The van der Waals surface area contributed by atoms with Crippen LogP contribution in [0.2, 0.25) is 0 Å². The van der Waals surface area contributed by atoms with Crippen molar-refractivity contribution in [3.05, 3.63) is 67.8 Å². The van der Waals surface area contributed by atoms with Gasteiger partial charge in [0.15, 0.2) is 0 Å². The molecule has 41 heavy (non-hydrogen) atoms. The Hall–Kier alpha value is -3.96. The van der Waals surface area contributed by atoms with Crippen LogP contribution in [0.5, 0.6) is 0 Å². The van der Waals surface area contributed by atoms with E-state index in [1.807, 2.05) is 24.1 Å². The van der Waals surface area contributed by atoms with Gasteiger partial charge in [-0.3, -0.25) is 24.7 Å². The van der Waals surface area contributed by atoms with Crippen LogP contribution in [0, 0.1) is 24.0 Å². The molecule has 2 amide bonds. The summed E-state index contributed by atoms with van der Waals surface area (Å²) in [5.41, 5.74) is 3.78. The molecular weight excluding hydrogens is 528 g/mol. The number of rotatable bonds is 5. The van der Waals surface area contributed by atoms with Crippen molar-refractivity contribution in [3.63, 3.8) is 0 Å². The number of aliphatic hydroxyl groups excluding tert-OH is 2. The second kappa shape index (κ2) is 13.1. The number of aliphatic hydroxyl groups is 2. The lowest BCUT2D eigenvalue weighted by Gasteiger charge is -2.32. The molecule has 2 N–H and O–H groups in total. The molecule has 3 aliphatic rings. The highest BCUT2D eigenvalue weighted by molar-refractivity contribution is 6.03. The van der Waals surface area contributed by atoms with Crippen LogP contribution in [0.1, 0.15) is 81.5 Å². The third-order valence-corrected chi connectivity index (χ3v) is 8.07. The van der Waals surface area contributed by atoms with Crippen molar-refractivity contribution in [1.29, 1.82) is 0 Å². The second-order valence-corrected chi connectivity index (χ2v) is 10.7. The number of piperidine rings is 2. The van der Waals surface area contributed by atoms with E-state index < -0.39 is 16.9 Å². The van der Waals surface area contributed by atoms with Gasteiger partial charge in [-0.15, -0.1) is 0 Å².